The first kappa shape index (κ1) is 20.9. The van der Waals surface area contributed by atoms with Crippen LogP contribution in [-0.2, 0) is 14.3 Å². The fraction of sp³-hybridized carbons (Fsp3) is 0.810. The van der Waals surface area contributed by atoms with Gasteiger partial charge in [0.25, 0.3) is 0 Å². The van der Waals surface area contributed by atoms with Crippen LogP contribution in [0.25, 0.3) is 0 Å². The Morgan fingerprint density at radius 3 is 2.50 bits per heavy atom. The largest absolute Gasteiger partial charge is 0.478 e. The van der Waals surface area contributed by atoms with Crippen LogP contribution in [0.4, 0.5) is 0 Å². The molecule has 2 aliphatic rings. The molecule has 2 fully saturated rings. The summed E-state index contributed by atoms with van der Waals surface area (Å²) in [5.41, 5.74) is -1.06. The van der Waals surface area contributed by atoms with Crippen LogP contribution in [0.5, 0.6) is 0 Å². The molecule has 5 heteroatoms. The molecule has 0 unspecified atom stereocenters. The summed E-state index contributed by atoms with van der Waals surface area (Å²) in [6, 6.07) is 0. The third-order valence-electron chi connectivity index (χ3n) is 6.95. The molecule has 6 atom stereocenters. The predicted molar refractivity (Wildman–Crippen MR) is 99.5 cm³/mol. The molecule has 0 heterocycles. The lowest BCUT2D eigenvalue weighted by Crippen LogP contribution is -2.58. The summed E-state index contributed by atoms with van der Waals surface area (Å²) in [5.74, 6) is -1.37. The van der Waals surface area contributed by atoms with E-state index in [1.165, 1.54) is 0 Å². The van der Waals surface area contributed by atoms with E-state index in [9.17, 15) is 19.8 Å². The molecular weight excluding hydrogens is 332 g/mol. The Kier molecular flexibility index (Phi) is 6.21. The molecule has 2 saturated carbocycles. The van der Waals surface area contributed by atoms with Gasteiger partial charge in [-0.2, -0.15) is 0 Å². The highest BCUT2D eigenvalue weighted by Crippen LogP contribution is 2.57. The second kappa shape index (κ2) is 7.71. The Bertz CT molecular complexity index is 567. The van der Waals surface area contributed by atoms with Gasteiger partial charge in [-0.25, -0.2) is 4.79 Å². The van der Waals surface area contributed by atoms with Crippen LogP contribution in [0.3, 0.4) is 0 Å². The van der Waals surface area contributed by atoms with Gasteiger partial charge in [-0.1, -0.05) is 33.8 Å². The van der Waals surface area contributed by atoms with E-state index in [1.54, 1.807) is 0 Å². The zero-order valence-electron chi connectivity index (χ0n) is 16.6. The number of rotatable bonds is 6. The van der Waals surface area contributed by atoms with Gasteiger partial charge in [-0.15, -0.1) is 0 Å². The molecule has 2 rings (SSSR count). The number of carboxylic acid groups (broad SMARTS) is 1. The smallest absolute Gasteiger partial charge is 0.331 e. The molecule has 0 aromatic heterocycles. The van der Waals surface area contributed by atoms with Crippen LogP contribution in [0, 0.1) is 23.2 Å². The van der Waals surface area contributed by atoms with Crippen molar-refractivity contribution < 1.29 is 24.5 Å². The third-order valence-corrected chi connectivity index (χ3v) is 6.95. The standard InChI is InChI=1S/C21H34O5/c1-6-13(2)10-18(22)26-17-12-15(14(3)19(23)24)11-16-20(17,4)8-7-9-21(16,5)25/h13,15-17,25H,3,6-12H2,1-2,4-5H3,(H,23,24)/t13-,15+,16+,17-,20-,21+/m0/s1. The van der Waals surface area contributed by atoms with Crippen LogP contribution >= 0.6 is 0 Å². The number of aliphatic hydroxyl groups is 1. The van der Waals surface area contributed by atoms with E-state index in [0.717, 1.165) is 19.3 Å². The van der Waals surface area contributed by atoms with Crippen molar-refractivity contribution in [3.63, 3.8) is 0 Å². The van der Waals surface area contributed by atoms with Gasteiger partial charge in [0.2, 0.25) is 0 Å². The number of carbonyl (C=O) groups excluding carboxylic acids is 1. The van der Waals surface area contributed by atoms with E-state index in [0.29, 0.717) is 25.7 Å². The highest BCUT2D eigenvalue weighted by molar-refractivity contribution is 5.86. The van der Waals surface area contributed by atoms with Gasteiger partial charge in [0, 0.05) is 17.4 Å². The average molecular weight is 366 g/mol. The normalized spacial score (nSPS) is 38.1. The highest BCUT2D eigenvalue weighted by Gasteiger charge is 2.57. The maximum Gasteiger partial charge on any atom is 0.331 e. The van der Waals surface area contributed by atoms with Crippen LogP contribution in [-0.4, -0.2) is 33.9 Å². The quantitative estimate of drug-likeness (QED) is 0.549. The van der Waals surface area contributed by atoms with Gasteiger partial charge in [0.05, 0.1) is 5.60 Å². The molecule has 0 saturated heterocycles. The Balaban J connectivity index is 2.28. The van der Waals surface area contributed by atoms with E-state index < -0.39 is 11.6 Å². The van der Waals surface area contributed by atoms with Crippen molar-refractivity contribution in [1.29, 1.82) is 0 Å². The van der Waals surface area contributed by atoms with Gasteiger partial charge in [0.15, 0.2) is 0 Å². The fourth-order valence-corrected chi connectivity index (χ4v) is 4.98. The summed E-state index contributed by atoms with van der Waals surface area (Å²) in [6.07, 6.45) is 4.39. The van der Waals surface area contributed by atoms with Crippen molar-refractivity contribution in [2.75, 3.05) is 0 Å². The van der Waals surface area contributed by atoms with Crippen LogP contribution in [0.15, 0.2) is 12.2 Å². The second-order valence-electron chi connectivity index (χ2n) is 8.96. The Labute approximate surface area is 156 Å². The number of esters is 1. The first-order valence-corrected chi connectivity index (χ1v) is 9.85. The van der Waals surface area contributed by atoms with E-state index in [1.807, 2.05) is 20.8 Å². The number of hydrogen-bond donors (Lipinski definition) is 2. The van der Waals surface area contributed by atoms with Gasteiger partial charge >= 0.3 is 11.9 Å². The number of fused-ring (bicyclic) bond motifs is 1. The molecule has 148 valence electrons. The molecule has 5 nitrogen and oxygen atoms in total. The summed E-state index contributed by atoms with van der Waals surface area (Å²) >= 11 is 0. The van der Waals surface area contributed by atoms with Gasteiger partial charge < -0.3 is 14.9 Å². The fourth-order valence-electron chi connectivity index (χ4n) is 4.98. The zero-order valence-corrected chi connectivity index (χ0v) is 16.6. The molecular formula is C21H34O5. The molecule has 2 N–H and O–H groups in total. The minimum atomic E-state index is -1.02. The van der Waals surface area contributed by atoms with Gasteiger partial charge in [-0.05, 0) is 56.8 Å². The summed E-state index contributed by atoms with van der Waals surface area (Å²) in [5, 5.41) is 20.4. The second-order valence-corrected chi connectivity index (χ2v) is 8.96. The zero-order chi connectivity index (χ0) is 19.7. The average Bonchev–Trinajstić information content (AvgIpc) is 2.54. The van der Waals surface area contributed by atoms with E-state index in [2.05, 4.69) is 13.5 Å². The van der Waals surface area contributed by atoms with Crippen molar-refractivity contribution in [2.24, 2.45) is 23.2 Å². The maximum absolute atomic E-state index is 12.4. The molecule has 0 radical (unpaired) electrons. The molecule has 0 aromatic carbocycles. The van der Waals surface area contributed by atoms with E-state index >= 15 is 0 Å². The van der Waals surface area contributed by atoms with Gasteiger partial charge in [0.1, 0.15) is 6.10 Å². The first-order valence-electron chi connectivity index (χ1n) is 9.85. The lowest BCUT2D eigenvalue weighted by atomic mass is 9.51. The Morgan fingerprint density at radius 1 is 1.27 bits per heavy atom. The topological polar surface area (TPSA) is 83.8 Å². The Hall–Kier alpha value is -1.36. The van der Waals surface area contributed by atoms with Gasteiger partial charge in [-0.3, -0.25) is 4.79 Å². The lowest BCUT2D eigenvalue weighted by Gasteiger charge is -2.57. The van der Waals surface area contributed by atoms with Crippen LogP contribution < -0.4 is 0 Å². The van der Waals surface area contributed by atoms with Crippen molar-refractivity contribution in [3.8, 4) is 0 Å². The minimum Gasteiger partial charge on any atom is -0.478 e. The molecule has 0 amide bonds. The minimum absolute atomic E-state index is 0.111. The number of aliphatic carboxylic acids is 1. The molecule has 2 aliphatic carbocycles. The summed E-state index contributed by atoms with van der Waals surface area (Å²) in [7, 11) is 0. The van der Waals surface area contributed by atoms with Crippen LogP contribution in [0.2, 0.25) is 0 Å². The van der Waals surface area contributed by atoms with Crippen molar-refractivity contribution in [2.45, 2.75) is 84.3 Å². The molecule has 0 aromatic rings. The molecule has 0 bridgehead atoms. The maximum atomic E-state index is 12.4. The number of carbonyl (C=O) groups is 2. The lowest BCUT2D eigenvalue weighted by molar-refractivity contribution is -0.193. The molecule has 0 spiro atoms. The molecule has 26 heavy (non-hydrogen) atoms. The Morgan fingerprint density at radius 2 is 1.92 bits per heavy atom. The number of ether oxygens (including phenoxy) is 1. The number of hydrogen-bond acceptors (Lipinski definition) is 4. The van der Waals surface area contributed by atoms with Crippen LogP contribution in [0.1, 0.15) is 72.6 Å². The van der Waals surface area contributed by atoms with Crippen molar-refractivity contribution in [3.05, 3.63) is 12.2 Å². The summed E-state index contributed by atoms with van der Waals surface area (Å²) in [4.78, 5) is 23.9. The highest BCUT2D eigenvalue weighted by atomic mass is 16.5. The predicted octanol–water partition coefficient (Wildman–Crippen LogP) is 3.94. The van der Waals surface area contributed by atoms with E-state index in [4.69, 9.17) is 4.74 Å². The van der Waals surface area contributed by atoms with Crippen molar-refractivity contribution >= 4 is 11.9 Å². The van der Waals surface area contributed by atoms with Crippen molar-refractivity contribution in [1.82, 2.24) is 0 Å². The number of carboxylic acids is 1. The SMILES string of the molecule is C=C(C(=O)O)[C@H]1C[C@H](OC(=O)C[C@@H](C)CC)[C@@]2(C)CCC[C@@](C)(O)[C@@H]2C1. The monoisotopic (exact) mass is 366 g/mol. The summed E-state index contributed by atoms with van der Waals surface area (Å²) in [6.45, 7) is 11.7. The third kappa shape index (κ3) is 4.13. The first-order chi connectivity index (χ1) is 12.0. The molecule has 0 aliphatic heterocycles. The van der Waals surface area contributed by atoms with E-state index in [-0.39, 0.29) is 40.8 Å². The summed E-state index contributed by atoms with van der Waals surface area (Å²) < 4.78 is 5.91.